The van der Waals surface area contributed by atoms with Crippen LogP contribution in [0, 0.1) is 33.6 Å². The summed E-state index contributed by atoms with van der Waals surface area (Å²) in [5.41, 5.74) is 5.66. The third kappa shape index (κ3) is 3.83. The molecule has 0 amide bonds. The molecule has 158 valence electrons. The van der Waals surface area contributed by atoms with E-state index in [-0.39, 0.29) is 6.42 Å². The van der Waals surface area contributed by atoms with Crippen molar-refractivity contribution in [2.24, 2.45) is 5.92 Å². The van der Waals surface area contributed by atoms with Crippen LogP contribution < -0.4 is 4.90 Å². The number of aromatic nitrogens is 3. The van der Waals surface area contributed by atoms with Crippen LogP contribution in [0.4, 0.5) is 5.82 Å². The summed E-state index contributed by atoms with van der Waals surface area (Å²) in [5, 5.41) is 9.95. The van der Waals surface area contributed by atoms with Gasteiger partial charge in [-0.1, -0.05) is 15.9 Å². The van der Waals surface area contributed by atoms with E-state index in [0.717, 1.165) is 64.3 Å². The fourth-order valence-corrected chi connectivity index (χ4v) is 5.23. The van der Waals surface area contributed by atoms with Gasteiger partial charge in [0.25, 0.3) is 0 Å². The molecule has 0 atom stereocenters. The van der Waals surface area contributed by atoms with Gasteiger partial charge in [-0.15, -0.1) is 0 Å². The monoisotopic (exact) mass is 470 g/mol. The lowest BCUT2D eigenvalue weighted by Gasteiger charge is -2.40. The van der Waals surface area contributed by atoms with Gasteiger partial charge in [0.05, 0.1) is 11.1 Å². The van der Waals surface area contributed by atoms with Crippen LogP contribution in [0.3, 0.4) is 0 Å². The maximum Gasteiger partial charge on any atom is 0.303 e. The summed E-state index contributed by atoms with van der Waals surface area (Å²) in [7, 11) is 0. The summed E-state index contributed by atoms with van der Waals surface area (Å²) in [6, 6.07) is 4.27. The largest absolute Gasteiger partial charge is 0.481 e. The van der Waals surface area contributed by atoms with Crippen molar-refractivity contribution in [3.8, 4) is 5.69 Å². The Morgan fingerprint density at radius 1 is 1.13 bits per heavy atom. The molecule has 1 aliphatic heterocycles. The molecule has 1 aliphatic rings. The van der Waals surface area contributed by atoms with Gasteiger partial charge in [0.2, 0.25) is 0 Å². The minimum Gasteiger partial charge on any atom is -0.481 e. The first kappa shape index (κ1) is 20.8. The highest BCUT2D eigenvalue weighted by atomic mass is 79.9. The Morgan fingerprint density at radius 2 is 1.80 bits per heavy atom. The molecule has 0 unspecified atom stereocenters. The second kappa shape index (κ2) is 8.02. The average molecular weight is 471 g/mol. The van der Waals surface area contributed by atoms with Crippen molar-refractivity contribution in [2.75, 3.05) is 18.0 Å². The molecule has 7 heteroatoms. The molecule has 0 saturated carbocycles. The first-order valence-corrected chi connectivity index (χ1v) is 11.1. The normalized spacial score (nSPS) is 14.4. The summed E-state index contributed by atoms with van der Waals surface area (Å²) in [6.45, 7) is 10.2. The fourth-order valence-electron chi connectivity index (χ4n) is 4.54. The van der Waals surface area contributed by atoms with E-state index >= 15 is 0 Å². The molecule has 4 rings (SSSR count). The van der Waals surface area contributed by atoms with E-state index in [4.69, 9.17) is 15.1 Å². The third-order valence-corrected chi connectivity index (χ3v) is 6.34. The number of hydrogen-bond donors (Lipinski definition) is 1. The third-order valence-electron chi connectivity index (χ3n) is 5.88. The van der Waals surface area contributed by atoms with Crippen LogP contribution in [-0.2, 0) is 4.79 Å². The number of hydrogen-bond acceptors (Lipinski definition) is 4. The summed E-state index contributed by atoms with van der Waals surface area (Å²) in [4.78, 5) is 22.7. The second-order valence-electron chi connectivity index (χ2n) is 8.42. The van der Waals surface area contributed by atoms with Crippen molar-refractivity contribution in [1.82, 2.24) is 14.5 Å². The zero-order valence-corrected chi connectivity index (χ0v) is 19.5. The number of aryl methyl sites for hydroxylation is 4. The van der Waals surface area contributed by atoms with Crippen molar-refractivity contribution in [2.45, 2.75) is 47.0 Å². The minimum absolute atomic E-state index is 0.251. The highest BCUT2D eigenvalue weighted by Gasteiger charge is 2.30. The van der Waals surface area contributed by atoms with Crippen LogP contribution in [0.5, 0.6) is 0 Å². The molecule has 1 fully saturated rings. The predicted octanol–water partition coefficient (Wildman–Crippen LogP) is 5.11. The van der Waals surface area contributed by atoms with E-state index in [1.165, 1.54) is 11.1 Å². The zero-order chi connectivity index (χ0) is 21.6. The molecule has 0 spiro atoms. The molecule has 30 heavy (non-hydrogen) atoms. The number of aliphatic carboxylic acids is 1. The molecular formula is C23H27BrN4O2. The van der Waals surface area contributed by atoms with E-state index in [9.17, 15) is 4.79 Å². The van der Waals surface area contributed by atoms with E-state index in [1.807, 2.05) is 6.92 Å². The summed E-state index contributed by atoms with van der Waals surface area (Å²) < 4.78 is 3.28. The van der Waals surface area contributed by atoms with Crippen molar-refractivity contribution in [3.63, 3.8) is 0 Å². The van der Waals surface area contributed by atoms with Gasteiger partial charge in [-0.2, -0.15) is 0 Å². The SMILES string of the molecule is Cc1nc(N2CC(CCCC(=O)O)C2)c2c(C)cn(-c3c(C)cc(Br)cc3C)c2n1. The topological polar surface area (TPSA) is 71.2 Å². The first-order chi connectivity index (χ1) is 14.2. The number of anilines is 1. The van der Waals surface area contributed by atoms with Gasteiger partial charge in [0.15, 0.2) is 5.65 Å². The highest BCUT2D eigenvalue weighted by molar-refractivity contribution is 9.10. The van der Waals surface area contributed by atoms with E-state index in [2.05, 4.69) is 64.5 Å². The van der Waals surface area contributed by atoms with Crippen LogP contribution in [0.1, 0.15) is 41.8 Å². The zero-order valence-electron chi connectivity index (χ0n) is 17.9. The van der Waals surface area contributed by atoms with Crippen LogP contribution >= 0.6 is 15.9 Å². The van der Waals surface area contributed by atoms with E-state index < -0.39 is 5.97 Å². The molecule has 0 bridgehead atoms. The maximum atomic E-state index is 10.7. The molecule has 3 heterocycles. The molecule has 1 N–H and O–H groups in total. The van der Waals surface area contributed by atoms with Gasteiger partial charge < -0.3 is 14.6 Å². The summed E-state index contributed by atoms with van der Waals surface area (Å²) >= 11 is 3.59. The molecule has 3 aromatic rings. The number of fused-ring (bicyclic) bond motifs is 1. The lowest BCUT2D eigenvalue weighted by atomic mass is 9.93. The number of rotatable bonds is 6. The van der Waals surface area contributed by atoms with E-state index in [0.29, 0.717) is 5.92 Å². The molecule has 0 aliphatic carbocycles. The summed E-state index contributed by atoms with van der Waals surface area (Å²) in [6.07, 6.45) is 4.10. The quantitative estimate of drug-likeness (QED) is 0.541. The molecule has 2 aromatic heterocycles. The van der Waals surface area contributed by atoms with Crippen LogP contribution in [0.25, 0.3) is 16.7 Å². The predicted molar refractivity (Wildman–Crippen MR) is 123 cm³/mol. The Kier molecular flexibility index (Phi) is 5.57. The Morgan fingerprint density at radius 3 is 2.43 bits per heavy atom. The lowest BCUT2D eigenvalue weighted by Crippen LogP contribution is -2.47. The average Bonchev–Trinajstić information content (AvgIpc) is 2.91. The van der Waals surface area contributed by atoms with Gasteiger partial charge in [0.1, 0.15) is 11.6 Å². The smallest absolute Gasteiger partial charge is 0.303 e. The van der Waals surface area contributed by atoms with Crippen LogP contribution in [0.15, 0.2) is 22.8 Å². The van der Waals surface area contributed by atoms with Crippen LogP contribution in [-0.4, -0.2) is 38.7 Å². The molecule has 0 radical (unpaired) electrons. The van der Waals surface area contributed by atoms with Crippen molar-refractivity contribution in [1.29, 1.82) is 0 Å². The molecular weight excluding hydrogens is 444 g/mol. The number of halogens is 1. The van der Waals surface area contributed by atoms with Gasteiger partial charge in [-0.05, 0) is 75.3 Å². The maximum absolute atomic E-state index is 10.7. The molecule has 1 saturated heterocycles. The Balaban J connectivity index is 1.69. The standard InChI is InChI=1S/C23H27BrN4O2/c1-13-8-18(24)9-14(2)21(13)28-10-15(3)20-22(25-16(4)26-23(20)28)27-11-17(12-27)6-5-7-19(29)30/h8-10,17H,5-7,11-12H2,1-4H3,(H,29,30). The Hall–Kier alpha value is -2.41. The first-order valence-electron chi connectivity index (χ1n) is 10.3. The Bertz CT molecular complexity index is 1110. The van der Waals surface area contributed by atoms with Gasteiger partial charge in [-0.3, -0.25) is 4.79 Å². The number of benzene rings is 1. The number of carboxylic acids is 1. The van der Waals surface area contributed by atoms with Crippen molar-refractivity contribution in [3.05, 3.63) is 45.3 Å². The van der Waals surface area contributed by atoms with Crippen molar-refractivity contribution >= 4 is 38.8 Å². The minimum atomic E-state index is -0.713. The van der Waals surface area contributed by atoms with Crippen LogP contribution in [0.2, 0.25) is 0 Å². The lowest BCUT2D eigenvalue weighted by molar-refractivity contribution is -0.137. The Labute approximate surface area is 185 Å². The number of carboxylic acid groups (broad SMARTS) is 1. The van der Waals surface area contributed by atoms with Gasteiger partial charge in [0, 0.05) is 30.2 Å². The second-order valence-corrected chi connectivity index (χ2v) is 9.34. The molecule has 1 aromatic carbocycles. The van der Waals surface area contributed by atoms with Crippen molar-refractivity contribution < 1.29 is 9.90 Å². The number of nitrogens with zero attached hydrogens (tertiary/aromatic N) is 4. The number of carbonyl (C=O) groups is 1. The van der Waals surface area contributed by atoms with Gasteiger partial charge >= 0.3 is 5.97 Å². The summed E-state index contributed by atoms with van der Waals surface area (Å²) in [5.74, 6) is 1.58. The highest BCUT2D eigenvalue weighted by Crippen LogP contribution is 2.36. The fraction of sp³-hybridized carbons (Fsp3) is 0.435. The van der Waals surface area contributed by atoms with Gasteiger partial charge in [-0.25, -0.2) is 9.97 Å². The molecule has 6 nitrogen and oxygen atoms in total. The van der Waals surface area contributed by atoms with E-state index in [1.54, 1.807) is 0 Å².